The van der Waals surface area contributed by atoms with Crippen LogP contribution in [0.4, 0.5) is 11.5 Å². The van der Waals surface area contributed by atoms with Crippen LogP contribution in [0.2, 0.25) is 0 Å². The summed E-state index contributed by atoms with van der Waals surface area (Å²) in [5, 5.41) is 9.51. The van der Waals surface area contributed by atoms with Gasteiger partial charge in [0.1, 0.15) is 12.4 Å². The van der Waals surface area contributed by atoms with Gasteiger partial charge in [0.25, 0.3) is 0 Å². The number of fused-ring (bicyclic) bond motifs is 2. The minimum atomic E-state index is -0.213. The Morgan fingerprint density at radius 3 is 2.80 bits per heavy atom. The second-order valence-corrected chi connectivity index (χ2v) is 12.1. The predicted octanol–water partition coefficient (Wildman–Crippen LogP) is 3.36. The summed E-state index contributed by atoms with van der Waals surface area (Å²) in [6, 6.07) is 9.59. The fraction of sp³-hybridized carbons (Fsp3) is 0.562. The second kappa shape index (κ2) is 11.7. The smallest absolute Gasteiger partial charge is 0.318 e. The van der Waals surface area contributed by atoms with Crippen molar-refractivity contribution >= 4 is 17.4 Å². The van der Waals surface area contributed by atoms with E-state index in [-0.39, 0.29) is 18.4 Å². The molecule has 9 nitrogen and oxygen atoms in total. The Hall–Kier alpha value is -3.64. The molecule has 2 aromatic rings. The van der Waals surface area contributed by atoms with Crippen molar-refractivity contribution in [2.24, 2.45) is 5.92 Å². The summed E-state index contributed by atoms with van der Waals surface area (Å²) in [7, 11) is 2.15. The molecule has 0 unspecified atom stereocenters. The minimum Gasteiger partial charge on any atom is -0.462 e. The quantitative estimate of drug-likeness (QED) is 0.481. The lowest BCUT2D eigenvalue weighted by Gasteiger charge is -2.42. The molecule has 4 aliphatic rings. The number of carbonyl (C=O) groups is 1. The molecule has 2 saturated heterocycles. The van der Waals surface area contributed by atoms with Gasteiger partial charge >= 0.3 is 6.01 Å². The van der Waals surface area contributed by atoms with E-state index in [2.05, 4.69) is 59.5 Å². The van der Waals surface area contributed by atoms with Crippen molar-refractivity contribution in [2.45, 2.75) is 64.1 Å². The van der Waals surface area contributed by atoms with Crippen molar-refractivity contribution in [3.8, 4) is 12.1 Å². The van der Waals surface area contributed by atoms with E-state index in [9.17, 15) is 10.1 Å². The summed E-state index contributed by atoms with van der Waals surface area (Å²) < 4.78 is 6.30. The van der Waals surface area contributed by atoms with E-state index in [0.717, 1.165) is 55.8 Å². The summed E-state index contributed by atoms with van der Waals surface area (Å²) in [4.78, 5) is 31.3. The monoisotopic (exact) mass is 555 g/mol. The number of likely N-dealkylation sites (N-methyl/N-ethyl adjacent to an activating group) is 1. The zero-order valence-electron chi connectivity index (χ0n) is 24.4. The van der Waals surface area contributed by atoms with Gasteiger partial charge in [-0.2, -0.15) is 15.2 Å². The van der Waals surface area contributed by atoms with Gasteiger partial charge in [-0.1, -0.05) is 25.6 Å². The summed E-state index contributed by atoms with van der Waals surface area (Å²) in [6.45, 7) is 11.0. The zero-order chi connectivity index (χ0) is 28.5. The SMILES string of the molecule is C=CC(=O)N1CCN(c2nc(OC[C@@H]3CCCN3C)nc3c2CCN(c2cccc4c2C[C@@H](C)C4)C3)C[C@@H]1CC#N. The number of hydrogen-bond acceptors (Lipinski definition) is 8. The van der Waals surface area contributed by atoms with E-state index in [1.807, 2.05) is 0 Å². The Morgan fingerprint density at radius 1 is 1.15 bits per heavy atom. The predicted molar refractivity (Wildman–Crippen MR) is 159 cm³/mol. The highest BCUT2D eigenvalue weighted by Gasteiger charge is 2.34. The first-order chi connectivity index (χ1) is 19.9. The van der Waals surface area contributed by atoms with Crippen molar-refractivity contribution in [3.63, 3.8) is 0 Å². The van der Waals surface area contributed by atoms with Crippen molar-refractivity contribution in [3.05, 3.63) is 53.2 Å². The van der Waals surface area contributed by atoms with Gasteiger partial charge in [-0.25, -0.2) is 0 Å². The molecule has 1 amide bonds. The molecule has 1 aromatic carbocycles. The molecule has 0 bridgehead atoms. The number of carbonyl (C=O) groups excluding carboxylic acids is 1. The van der Waals surface area contributed by atoms with Crippen LogP contribution in [0.1, 0.15) is 48.6 Å². The highest BCUT2D eigenvalue weighted by atomic mass is 16.5. The van der Waals surface area contributed by atoms with E-state index in [1.54, 1.807) is 4.90 Å². The molecule has 0 N–H and O–H groups in total. The van der Waals surface area contributed by atoms with Crippen LogP contribution in [0.15, 0.2) is 30.9 Å². The van der Waals surface area contributed by atoms with Crippen molar-refractivity contribution in [1.82, 2.24) is 19.8 Å². The summed E-state index contributed by atoms with van der Waals surface area (Å²) in [5.41, 5.74) is 6.47. The third-order valence-electron chi connectivity index (χ3n) is 9.38. The fourth-order valence-electron chi connectivity index (χ4n) is 7.16. The van der Waals surface area contributed by atoms with Crippen LogP contribution in [0.25, 0.3) is 0 Å². The highest BCUT2D eigenvalue weighted by molar-refractivity contribution is 5.87. The second-order valence-electron chi connectivity index (χ2n) is 12.1. The molecule has 1 aliphatic carbocycles. The van der Waals surface area contributed by atoms with Crippen LogP contribution in [0.5, 0.6) is 6.01 Å². The molecule has 6 rings (SSSR count). The third kappa shape index (κ3) is 5.50. The third-order valence-corrected chi connectivity index (χ3v) is 9.38. The average Bonchev–Trinajstić information content (AvgIpc) is 3.58. The lowest BCUT2D eigenvalue weighted by atomic mass is 10.0. The lowest BCUT2D eigenvalue weighted by Crippen LogP contribution is -2.55. The maximum Gasteiger partial charge on any atom is 0.318 e. The zero-order valence-corrected chi connectivity index (χ0v) is 24.4. The fourth-order valence-corrected chi connectivity index (χ4v) is 7.16. The number of likely N-dealkylation sites (tertiary alicyclic amines) is 1. The number of amides is 1. The first-order valence-electron chi connectivity index (χ1n) is 15.1. The Labute approximate surface area is 243 Å². The Kier molecular flexibility index (Phi) is 7.85. The maximum absolute atomic E-state index is 12.5. The van der Waals surface area contributed by atoms with Crippen LogP contribution >= 0.6 is 0 Å². The van der Waals surface area contributed by atoms with Crippen LogP contribution in [0.3, 0.4) is 0 Å². The summed E-state index contributed by atoms with van der Waals surface area (Å²) in [6.07, 6.45) is 7.03. The Balaban J connectivity index is 1.31. The Morgan fingerprint density at radius 2 is 2.02 bits per heavy atom. The van der Waals surface area contributed by atoms with Gasteiger partial charge in [0.15, 0.2) is 0 Å². The minimum absolute atomic E-state index is 0.125. The van der Waals surface area contributed by atoms with E-state index >= 15 is 0 Å². The molecular weight excluding hydrogens is 514 g/mol. The molecule has 9 heteroatoms. The molecule has 0 radical (unpaired) electrons. The molecule has 1 aromatic heterocycles. The molecular formula is C32H41N7O2. The van der Waals surface area contributed by atoms with E-state index < -0.39 is 0 Å². The van der Waals surface area contributed by atoms with E-state index in [1.165, 1.54) is 29.3 Å². The lowest BCUT2D eigenvalue weighted by molar-refractivity contribution is -0.128. The molecule has 4 heterocycles. The van der Waals surface area contributed by atoms with Gasteiger partial charge in [0, 0.05) is 43.5 Å². The molecule has 3 aliphatic heterocycles. The standard InChI is InChI=1S/C32H41N7O2/c1-4-30(40)39-16-15-38(19-24(39)10-12-33)31-26-11-14-37(29-9-5-7-23-17-22(2)18-27(23)29)20-28(26)34-32(35-31)41-21-25-8-6-13-36(25)3/h4-5,7,9,22,24-25H,1,6,8,10-11,13-21H2,2-3H3/t22-,24-,25-/m0/s1. The topological polar surface area (TPSA) is 88.8 Å². The molecule has 0 spiro atoms. The van der Waals surface area contributed by atoms with Gasteiger partial charge in [-0.05, 0) is 74.9 Å². The van der Waals surface area contributed by atoms with Crippen LogP contribution in [-0.4, -0.2) is 84.1 Å². The largest absolute Gasteiger partial charge is 0.462 e. The van der Waals surface area contributed by atoms with E-state index in [0.29, 0.717) is 50.8 Å². The number of piperazine rings is 1. The van der Waals surface area contributed by atoms with Gasteiger partial charge in [0.05, 0.1) is 30.8 Å². The number of anilines is 2. The average molecular weight is 556 g/mol. The number of rotatable bonds is 7. The van der Waals surface area contributed by atoms with Crippen molar-refractivity contribution in [1.29, 1.82) is 5.26 Å². The van der Waals surface area contributed by atoms with Gasteiger partial charge < -0.3 is 24.3 Å². The van der Waals surface area contributed by atoms with Crippen LogP contribution in [-0.2, 0) is 30.6 Å². The molecule has 2 fully saturated rings. The number of aromatic nitrogens is 2. The van der Waals surface area contributed by atoms with Gasteiger partial charge in [-0.3, -0.25) is 4.79 Å². The van der Waals surface area contributed by atoms with Crippen LogP contribution in [0, 0.1) is 17.2 Å². The molecule has 3 atom stereocenters. The first-order valence-corrected chi connectivity index (χ1v) is 15.1. The highest BCUT2D eigenvalue weighted by Crippen LogP contribution is 2.38. The molecule has 0 saturated carbocycles. The van der Waals surface area contributed by atoms with Crippen molar-refractivity contribution < 1.29 is 9.53 Å². The molecule has 216 valence electrons. The normalized spacial score (nSPS) is 24.1. The molecule has 41 heavy (non-hydrogen) atoms. The van der Waals surface area contributed by atoms with Crippen molar-refractivity contribution in [2.75, 3.05) is 56.2 Å². The summed E-state index contributed by atoms with van der Waals surface area (Å²) in [5.74, 6) is 1.45. The number of nitriles is 1. The van der Waals surface area contributed by atoms with E-state index in [4.69, 9.17) is 14.7 Å². The number of hydrogen-bond donors (Lipinski definition) is 0. The maximum atomic E-state index is 12.5. The Bertz CT molecular complexity index is 1350. The number of ether oxygens (including phenoxy) is 1. The van der Waals surface area contributed by atoms with Gasteiger partial charge in [0.2, 0.25) is 5.91 Å². The first kappa shape index (κ1) is 27.5. The number of nitrogens with zero attached hydrogens (tertiary/aromatic N) is 7. The number of benzene rings is 1. The summed E-state index contributed by atoms with van der Waals surface area (Å²) >= 11 is 0. The van der Waals surface area contributed by atoms with Crippen LogP contribution < -0.4 is 14.5 Å². The van der Waals surface area contributed by atoms with Gasteiger partial charge in [-0.15, -0.1) is 0 Å².